The molecule has 1 amide bonds. The van der Waals surface area contributed by atoms with Gasteiger partial charge in [0.1, 0.15) is 35.0 Å². The van der Waals surface area contributed by atoms with Crippen LogP contribution in [0.4, 0.5) is 8.78 Å². The van der Waals surface area contributed by atoms with Gasteiger partial charge in [0.25, 0.3) is 0 Å². The summed E-state index contributed by atoms with van der Waals surface area (Å²) in [5.74, 6) is -3.53. The lowest BCUT2D eigenvalue weighted by Gasteiger charge is -2.30. The number of rotatable bonds is 12. The molecule has 0 bridgehead atoms. The number of amides is 1. The van der Waals surface area contributed by atoms with Crippen molar-refractivity contribution in [2.24, 2.45) is 0 Å². The monoisotopic (exact) mass is 561 g/mol. The van der Waals surface area contributed by atoms with Crippen LogP contribution in [-0.2, 0) is 9.53 Å². The van der Waals surface area contributed by atoms with Crippen molar-refractivity contribution in [3.8, 4) is 23.0 Å². The zero-order valence-corrected chi connectivity index (χ0v) is 22.6. The molecule has 0 spiro atoms. The van der Waals surface area contributed by atoms with Crippen LogP contribution in [0.5, 0.6) is 23.0 Å². The summed E-state index contributed by atoms with van der Waals surface area (Å²) in [5, 5.41) is 22.8. The number of carbonyl (C=O) groups is 2. The molecule has 0 aliphatic rings. The lowest BCUT2D eigenvalue weighted by Crippen LogP contribution is -2.54. The number of carbonyl (C=O) groups excluding carboxylic acids is 2. The highest BCUT2D eigenvalue weighted by molar-refractivity contribution is 5.96. The lowest BCUT2D eigenvalue weighted by atomic mass is 9.86. The van der Waals surface area contributed by atoms with Gasteiger partial charge in [-0.1, -0.05) is 12.1 Å². The van der Waals surface area contributed by atoms with Gasteiger partial charge in [0.05, 0.1) is 40.1 Å². The number of pyridine rings is 1. The molecule has 0 aliphatic carbocycles. The number of hydrogen-bond acceptors (Lipinski definition) is 8. The molecule has 3 N–H and O–H groups in total. The molecule has 3 aromatic rings. The van der Waals surface area contributed by atoms with Gasteiger partial charge in [-0.15, -0.1) is 0 Å². The van der Waals surface area contributed by atoms with Crippen molar-refractivity contribution in [2.75, 3.05) is 27.9 Å². The smallest absolute Gasteiger partial charge is 0.366 e. The van der Waals surface area contributed by atoms with Crippen LogP contribution in [0.3, 0.4) is 0 Å². The summed E-state index contributed by atoms with van der Waals surface area (Å²) in [6.07, 6.45) is 0.560. The third kappa shape index (κ3) is 6.40. The lowest BCUT2D eigenvalue weighted by molar-refractivity contribution is -0.906. The maximum Gasteiger partial charge on any atom is 0.366 e. The van der Waals surface area contributed by atoms with Crippen molar-refractivity contribution in [3.05, 3.63) is 77.1 Å². The second-order valence-corrected chi connectivity index (χ2v) is 9.18. The van der Waals surface area contributed by atoms with Crippen LogP contribution in [0.15, 0.2) is 48.7 Å². The van der Waals surface area contributed by atoms with Crippen molar-refractivity contribution in [1.29, 1.82) is 0 Å². The molecule has 2 aromatic carbocycles. The maximum absolute atomic E-state index is 15.2. The average molecular weight is 562 g/mol. The number of hydrogen-bond donors (Lipinski definition) is 3. The number of aromatic nitrogens is 1. The molecule has 10 nitrogen and oxygen atoms in total. The van der Waals surface area contributed by atoms with Gasteiger partial charge in [0.15, 0.2) is 5.75 Å². The summed E-state index contributed by atoms with van der Waals surface area (Å²) in [4.78, 5) is 25.0. The summed E-state index contributed by atoms with van der Waals surface area (Å²) >= 11 is 0. The van der Waals surface area contributed by atoms with Gasteiger partial charge in [0.2, 0.25) is 11.9 Å². The standard InChI is InChI=1S/C28H30F2N2O8/c1-16(40-15-28(2,14-33)31-27(35)25-26(34)23(39-5)10-11-32(25)36)24(19-8-6-17(37-3)12-21(19)29)20-9-7-18(38-4)13-22(20)30/h6-14,16,24H,15H2,1-5H3,(H2-,31,34,35,36)/p+1/t16-,28?/m0/s1. The Bertz CT molecular complexity index is 1330. The molecule has 1 heterocycles. The van der Waals surface area contributed by atoms with E-state index < -0.39 is 53.2 Å². The number of benzene rings is 2. The van der Waals surface area contributed by atoms with Crippen molar-refractivity contribution >= 4 is 12.2 Å². The fourth-order valence-electron chi connectivity index (χ4n) is 4.16. The highest BCUT2D eigenvalue weighted by Crippen LogP contribution is 2.36. The number of aldehydes is 1. The Morgan fingerprint density at radius 2 is 1.57 bits per heavy atom. The third-order valence-corrected chi connectivity index (χ3v) is 6.35. The number of methoxy groups -OCH3 is 3. The molecule has 40 heavy (non-hydrogen) atoms. The summed E-state index contributed by atoms with van der Waals surface area (Å²) < 4.78 is 51.8. The largest absolute Gasteiger partial charge is 0.499 e. The zero-order chi connectivity index (χ0) is 29.6. The Hall–Kier alpha value is -4.45. The Kier molecular flexibility index (Phi) is 9.48. The van der Waals surface area contributed by atoms with Gasteiger partial charge in [-0.25, -0.2) is 8.78 Å². The third-order valence-electron chi connectivity index (χ3n) is 6.35. The van der Waals surface area contributed by atoms with E-state index in [1.165, 1.54) is 58.6 Å². The van der Waals surface area contributed by atoms with Crippen molar-refractivity contribution in [1.82, 2.24) is 5.32 Å². The van der Waals surface area contributed by atoms with Gasteiger partial charge < -0.3 is 34.2 Å². The molecule has 2 atom stereocenters. The normalized spacial score (nSPS) is 13.3. The molecule has 0 radical (unpaired) electrons. The van der Waals surface area contributed by atoms with E-state index >= 15 is 8.78 Å². The van der Waals surface area contributed by atoms with Gasteiger partial charge >= 0.3 is 11.6 Å². The average Bonchev–Trinajstić information content (AvgIpc) is 2.93. The molecule has 3 rings (SSSR count). The maximum atomic E-state index is 15.2. The first kappa shape index (κ1) is 30.1. The fourth-order valence-corrected chi connectivity index (χ4v) is 4.16. The van der Waals surface area contributed by atoms with Crippen molar-refractivity contribution in [3.63, 3.8) is 0 Å². The van der Waals surface area contributed by atoms with E-state index in [0.717, 1.165) is 18.3 Å². The van der Waals surface area contributed by atoms with Crippen LogP contribution in [0.1, 0.15) is 41.4 Å². The SMILES string of the molecule is COc1ccc(C(c2ccc(OC)cc2F)[C@H](C)OCC(C)(C=O)NC(=O)c2c(O)c(OC)cc[n+]2O)c(F)c1. The van der Waals surface area contributed by atoms with Gasteiger partial charge in [0, 0.05) is 22.8 Å². The highest BCUT2D eigenvalue weighted by atomic mass is 19.1. The molecule has 214 valence electrons. The molecular weight excluding hydrogens is 530 g/mol. The van der Waals surface area contributed by atoms with E-state index in [4.69, 9.17) is 18.9 Å². The first-order chi connectivity index (χ1) is 19.0. The van der Waals surface area contributed by atoms with Gasteiger partial charge in [-0.05, 0) is 37.1 Å². The zero-order valence-electron chi connectivity index (χ0n) is 22.6. The Balaban J connectivity index is 1.91. The number of halogens is 2. The minimum Gasteiger partial charge on any atom is -0.499 e. The first-order valence-electron chi connectivity index (χ1n) is 12.1. The second kappa shape index (κ2) is 12.6. The predicted molar refractivity (Wildman–Crippen MR) is 137 cm³/mol. The molecule has 0 aliphatic heterocycles. The number of ether oxygens (including phenoxy) is 4. The molecule has 0 fully saturated rings. The van der Waals surface area contributed by atoms with E-state index in [1.807, 2.05) is 0 Å². The van der Waals surface area contributed by atoms with E-state index in [9.17, 15) is 19.9 Å². The second-order valence-electron chi connectivity index (χ2n) is 9.18. The van der Waals surface area contributed by atoms with Gasteiger partial charge in [-0.3, -0.25) is 10.0 Å². The van der Waals surface area contributed by atoms with E-state index in [-0.39, 0.29) is 28.4 Å². The van der Waals surface area contributed by atoms with Crippen LogP contribution < -0.4 is 24.3 Å². The summed E-state index contributed by atoms with van der Waals surface area (Å²) in [7, 11) is 4.04. The minimum absolute atomic E-state index is 0.0843. The molecular formula is C28H31F2N2O8+. The van der Waals surface area contributed by atoms with Gasteiger partial charge in [-0.2, -0.15) is 0 Å². The van der Waals surface area contributed by atoms with Crippen LogP contribution in [-0.4, -0.2) is 62.1 Å². The summed E-state index contributed by atoms with van der Waals surface area (Å²) in [6.45, 7) is 2.49. The first-order valence-corrected chi connectivity index (χ1v) is 12.1. The highest BCUT2D eigenvalue weighted by Gasteiger charge is 2.36. The summed E-state index contributed by atoms with van der Waals surface area (Å²) in [6, 6.07) is 9.52. The molecule has 0 saturated heterocycles. The topological polar surface area (TPSA) is 127 Å². The number of nitrogens with one attached hydrogen (secondary N) is 1. The van der Waals surface area contributed by atoms with Crippen LogP contribution in [0, 0.1) is 11.6 Å². The van der Waals surface area contributed by atoms with E-state index in [1.54, 1.807) is 6.92 Å². The number of aromatic hydroxyl groups is 1. The molecule has 1 aromatic heterocycles. The fraction of sp³-hybridized carbons (Fsp3) is 0.321. The quantitative estimate of drug-likeness (QED) is 0.175. The molecule has 12 heteroatoms. The Morgan fingerprint density at radius 1 is 1.02 bits per heavy atom. The van der Waals surface area contributed by atoms with Crippen LogP contribution in [0.2, 0.25) is 0 Å². The Morgan fingerprint density at radius 3 is 2.02 bits per heavy atom. The van der Waals surface area contributed by atoms with E-state index in [2.05, 4.69) is 5.32 Å². The molecule has 0 saturated carbocycles. The van der Waals surface area contributed by atoms with E-state index in [0.29, 0.717) is 11.0 Å². The predicted octanol–water partition coefficient (Wildman–Crippen LogP) is 3.15. The van der Waals surface area contributed by atoms with Crippen LogP contribution in [0.25, 0.3) is 0 Å². The van der Waals surface area contributed by atoms with Crippen LogP contribution >= 0.6 is 0 Å². The molecule has 1 unspecified atom stereocenters. The summed E-state index contributed by atoms with van der Waals surface area (Å²) in [5.41, 5.74) is -2.04. The minimum atomic E-state index is -1.67. The Labute approximate surface area is 229 Å². The van der Waals surface area contributed by atoms with Crippen molar-refractivity contribution in [2.45, 2.75) is 31.4 Å². The number of nitrogens with zero attached hydrogens (tertiary/aromatic N) is 1. The van der Waals surface area contributed by atoms with Crippen molar-refractivity contribution < 1.29 is 52.4 Å².